The average molecular weight is 267 g/mol. The Bertz CT molecular complexity index is 568. The molecule has 0 spiro atoms. The Morgan fingerprint density at radius 3 is 2.94 bits per heavy atom. The van der Waals surface area contributed by atoms with E-state index in [2.05, 4.69) is 10.1 Å². The first kappa shape index (κ1) is 12.6. The summed E-state index contributed by atoms with van der Waals surface area (Å²) in [6.07, 6.45) is -0.542. The van der Waals surface area contributed by atoms with Crippen molar-refractivity contribution in [3.63, 3.8) is 0 Å². The normalized spacial score (nSPS) is 12.2. The summed E-state index contributed by atoms with van der Waals surface area (Å²) in [7, 11) is 0. The van der Waals surface area contributed by atoms with Gasteiger partial charge >= 0.3 is 5.97 Å². The maximum absolute atomic E-state index is 10.8. The highest BCUT2D eigenvalue weighted by Gasteiger charge is 2.17. The van der Waals surface area contributed by atoms with Gasteiger partial charge in [0.05, 0.1) is 0 Å². The van der Waals surface area contributed by atoms with Gasteiger partial charge in [-0.2, -0.15) is 4.98 Å². The Morgan fingerprint density at radius 1 is 1.50 bits per heavy atom. The molecule has 0 aliphatic heterocycles. The Morgan fingerprint density at radius 2 is 2.28 bits per heavy atom. The zero-order valence-corrected chi connectivity index (χ0v) is 10.6. The highest BCUT2D eigenvalue weighted by molar-refractivity contribution is 6.30. The fourth-order valence-electron chi connectivity index (χ4n) is 1.44. The monoisotopic (exact) mass is 266 g/mol. The molecule has 1 aromatic heterocycles. The number of carbonyl (C=O) groups is 1. The first-order chi connectivity index (χ1) is 8.56. The molecule has 0 saturated carbocycles. The molecule has 0 bridgehead atoms. The maximum atomic E-state index is 10.8. The standard InChI is InChI=1S/C12H11ClN2O3/c1-7(17-8(2)16)11-14-12(18-15-11)9-4-3-5-10(13)6-9/h3-7H,1-2H3/t7-/m1/s1. The molecule has 94 valence electrons. The summed E-state index contributed by atoms with van der Waals surface area (Å²) in [6, 6.07) is 7.07. The summed E-state index contributed by atoms with van der Waals surface area (Å²) in [5.74, 6) is 0.267. The molecule has 18 heavy (non-hydrogen) atoms. The Kier molecular flexibility index (Phi) is 3.62. The van der Waals surface area contributed by atoms with Crippen LogP contribution < -0.4 is 0 Å². The minimum atomic E-state index is -0.542. The van der Waals surface area contributed by atoms with Crippen LogP contribution in [-0.2, 0) is 9.53 Å². The van der Waals surface area contributed by atoms with E-state index < -0.39 is 12.1 Å². The van der Waals surface area contributed by atoms with Crippen molar-refractivity contribution < 1.29 is 14.1 Å². The first-order valence-electron chi connectivity index (χ1n) is 5.33. The van der Waals surface area contributed by atoms with Crippen LogP contribution in [0.15, 0.2) is 28.8 Å². The lowest BCUT2D eigenvalue weighted by molar-refractivity contribution is -0.146. The lowest BCUT2D eigenvalue weighted by Crippen LogP contribution is -2.06. The van der Waals surface area contributed by atoms with Crippen LogP contribution in [0, 0.1) is 0 Å². The third kappa shape index (κ3) is 2.87. The molecule has 0 amide bonds. The van der Waals surface area contributed by atoms with Gasteiger partial charge in [-0.1, -0.05) is 22.8 Å². The lowest BCUT2D eigenvalue weighted by atomic mass is 10.2. The van der Waals surface area contributed by atoms with E-state index in [1.165, 1.54) is 6.92 Å². The molecule has 2 rings (SSSR count). The fourth-order valence-corrected chi connectivity index (χ4v) is 1.63. The Balaban J connectivity index is 2.22. The minimum absolute atomic E-state index is 0.320. The Hall–Kier alpha value is -1.88. The van der Waals surface area contributed by atoms with Crippen LogP contribution in [0.5, 0.6) is 0 Å². The van der Waals surface area contributed by atoms with Crippen molar-refractivity contribution in [2.45, 2.75) is 20.0 Å². The number of aromatic nitrogens is 2. The van der Waals surface area contributed by atoms with Crippen LogP contribution in [-0.4, -0.2) is 16.1 Å². The summed E-state index contributed by atoms with van der Waals surface area (Å²) in [4.78, 5) is 15.0. The van der Waals surface area contributed by atoms with Gasteiger partial charge in [0, 0.05) is 17.5 Å². The molecule has 1 heterocycles. The lowest BCUT2D eigenvalue weighted by Gasteiger charge is -2.05. The van der Waals surface area contributed by atoms with E-state index in [9.17, 15) is 4.79 Å². The van der Waals surface area contributed by atoms with Gasteiger partial charge in [-0.3, -0.25) is 4.79 Å². The van der Waals surface area contributed by atoms with Gasteiger partial charge in [-0.25, -0.2) is 0 Å². The first-order valence-corrected chi connectivity index (χ1v) is 5.71. The quantitative estimate of drug-likeness (QED) is 0.799. The molecule has 6 heteroatoms. The predicted molar refractivity (Wildman–Crippen MR) is 64.9 cm³/mol. The van der Waals surface area contributed by atoms with Gasteiger partial charge in [-0.15, -0.1) is 0 Å². The molecule has 0 aliphatic rings. The zero-order chi connectivity index (χ0) is 13.1. The van der Waals surface area contributed by atoms with Gasteiger partial charge in [0.15, 0.2) is 6.10 Å². The smallest absolute Gasteiger partial charge is 0.303 e. The highest BCUT2D eigenvalue weighted by atomic mass is 35.5. The highest BCUT2D eigenvalue weighted by Crippen LogP contribution is 2.23. The van der Waals surface area contributed by atoms with Crippen molar-refractivity contribution in [3.8, 4) is 11.5 Å². The molecule has 0 radical (unpaired) electrons. The van der Waals surface area contributed by atoms with E-state index in [-0.39, 0.29) is 0 Å². The average Bonchev–Trinajstić information content (AvgIpc) is 2.77. The Labute approximate surface area is 109 Å². The van der Waals surface area contributed by atoms with Crippen molar-refractivity contribution in [2.75, 3.05) is 0 Å². The molecule has 0 fully saturated rings. The van der Waals surface area contributed by atoms with Crippen molar-refractivity contribution in [1.82, 2.24) is 10.1 Å². The van der Waals surface area contributed by atoms with Crippen molar-refractivity contribution in [3.05, 3.63) is 35.1 Å². The maximum Gasteiger partial charge on any atom is 0.303 e. The number of carbonyl (C=O) groups excluding carboxylic acids is 1. The molecule has 0 N–H and O–H groups in total. The number of rotatable bonds is 3. The second kappa shape index (κ2) is 5.18. The van der Waals surface area contributed by atoms with Crippen LogP contribution in [0.3, 0.4) is 0 Å². The molecule has 2 aromatic rings. The van der Waals surface area contributed by atoms with Crippen molar-refractivity contribution in [1.29, 1.82) is 0 Å². The molecular weight excluding hydrogens is 256 g/mol. The number of benzene rings is 1. The minimum Gasteiger partial charge on any atom is -0.454 e. The second-order valence-electron chi connectivity index (χ2n) is 3.72. The third-order valence-corrected chi connectivity index (χ3v) is 2.45. The van der Waals surface area contributed by atoms with Gasteiger partial charge in [0.2, 0.25) is 5.82 Å². The fraction of sp³-hybridized carbons (Fsp3) is 0.250. The number of ether oxygens (including phenoxy) is 1. The van der Waals surface area contributed by atoms with Crippen molar-refractivity contribution >= 4 is 17.6 Å². The topological polar surface area (TPSA) is 65.2 Å². The van der Waals surface area contributed by atoms with Gasteiger partial charge in [-0.05, 0) is 25.1 Å². The van der Waals surface area contributed by atoms with E-state index in [1.807, 2.05) is 0 Å². The molecule has 1 atom stereocenters. The van der Waals surface area contributed by atoms with E-state index in [0.717, 1.165) is 5.56 Å². The van der Waals surface area contributed by atoms with Crippen LogP contribution in [0.25, 0.3) is 11.5 Å². The van der Waals surface area contributed by atoms with Crippen molar-refractivity contribution in [2.24, 2.45) is 0 Å². The third-order valence-electron chi connectivity index (χ3n) is 2.22. The summed E-state index contributed by atoms with van der Waals surface area (Å²) >= 11 is 5.87. The van der Waals surface area contributed by atoms with E-state index in [4.69, 9.17) is 20.9 Å². The molecule has 0 saturated heterocycles. The number of nitrogens with zero attached hydrogens (tertiary/aromatic N) is 2. The molecule has 0 aliphatic carbocycles. The summed E-state index contributed by atoms with van der Waals surface area (Å²) in [5, 5.41) is 4.35. The SMILES string of the molecule is CC(=O)O[C@H](C)c1noc(-c2cccc(Cl)c2)n1. The van der Waals surface area contributed by atoms with Gasteiger partial charge < -0.3 is 9.26 Å². The van der Waals surface area contributed by atoms with E-state index in [1.54, 1.807) is 31.2 Å². The molecular formula is C12H11ClN2O3. The number of hydrogen-bond acceptors (Lipinski definition) is 5. The molecule has 1 aromatic carbocycles. The predicted octanol–water partition coefficient (Wildman–Crippen LogP) is 3.01. The van der Waals surface area contributed by atoms with Crippen LogP contribution in [0.1, 0.15) is 25.8 Å². The number of esters is 1. The number of halogens is 1. The second-order valence-corrected chi connectivity index (χ2v) is 4.16. The van der Waals surface area contributed by atoms with Gasteiger partial charge in [0.25, 0.3) is 5.89 Å². The summed E-state index contributed by atoms with van der Waals surface area (Å²) in [6.45, 7) is 3.00. The van der Waals surface area contributed by atoms with Crippen LogP contribution in [0.4, 0.5) is 0 Å². The molecule has 0 unspecified atom stereocenters. The van der Waals surface area contributed by atoms with E-state index in [0.29, 0.717) is 16.7 Å². The zero-order valence-electron chi connectivity index (χ0n) is 9.88. The largest absolute Gasteiger partial charge is 0.454 e. The summed E-state index contributed by atoms with van der Waals surface area (Å²) in [5.41, 5.74) is 0.719. The van der Waals surface area contributed by atoms with E-state index >= 15 is 0 Å². The summed E-state index contributed by atoms with van der Waals surface area (Å²) < 4.78 is 10.1. The number of hydrogen-bond donors (Lipinski definition) is 0. The van der Waals surface area contributed by atoms with Crippen LogP contribution in [0.2, 0.25) is 5.02 Å². The molecule has 5 nitrogen and oxygen atoms in total. The van der Waals surface area contributed by atoms with Gasteiger partial charge in [0.1, 0.15) is 0 Å². The van der Waals surface area contributed by atoms with Crippen LogP contribution >= 0.6 is 11.6 Å².